The van der Waals surface area contributed by atoms with Gasteiger partial charge in [0, 0.05) is 18.5 Å². The lowest BCUT2D eigenvalue weighted by Crippen LogP contribution is -2.51. The van der Waals surface area contributed by atoms with Gasteiger partial charge in [0.1, 0.15) is 0 Å². The van der Waals surface area contributed by atoms with Crippen molar-refractivity contribution in [1.82, 2.24) is 10.3 Å². The van der Waals surface area contributed by atoms with Crippen LogP contribution in [0.25, 0.3) is 0 Å². The first-order valence-electron chi connectivity index (χ1n) is 6.98. The summed E-state index contributed by atoms with van der Waals surface area (Å²) in [4.78, 5) is 4.55. The summed E-state index contributed by atoms with van der Waals surface area (Å²) in [6.07, 6.45) is 2.34. The zero-order chi connectivity index (χ0) is 13.7. The molecule has 5 heteroatoms. The van der Waals surface area contributed by atoms with Crippen LogP contribution in [0.15, 0.2) is 5.38 Å². The molecule has 0 spiro atoms. The highest BCUT2D eigenvalue weighted by Gasteiger charge is 2.28. The Morgan fingerprint density at radius 1 is 1.58 bits per heavy atom. The molecule has 1 unspecified atom stereocenters. The number of aryl methyl sites for hydroxylation is 1. The second-order valence-electron chi connectivity index (χ2n) is 5.63. The summed E-state index contributed by atoms with van der Waals surface area (Å²) in [5.41, 5.74) is 0.942. The van der Waals surface area contributed by atoms with Crippen LogP contribution in [-0.4, -0.2) is 36.4 Å². The molecule has 0 radical (unpaired) electrons. The van der Waals surface area contributed by atoms with Crippen molar-refractivity contribution in [2.75, 3.05) is 19.7 Å². The lowest BCUT2D eigenvalue weighted by molar-refractivity contribution is -0.122. The molecule has 0 bridgehead atoms. The summed E-state index contributed by atoms with van der Waals surface area (Å²) in [6, 6.07) is 0. The van der Waals surface area contributed by atoms with Crippen molar-refractivity contribution in [1.29, 1.82) is 0 Å². The van der Waals surface area contributed by atoms with E-state index in [1.165, 1.54) is 5.01 Å². The molecule has 1 aromatic rings. The van der Waals surface area contributed by atoms with Crippen LogP contribution in [0.3, 0.4) is 0 Å². The molecule has 1 aliphatic rings. The van der Waals surface area contributed by atoms with Gasteiger partial charge in [-0.2, -0.15) is 0 Å². The average molecular weight is 284 g/mol. The smallest absolute Gasteiger partial charge is 0.0940 e. The molecule has 1 N–H and O–H groups in total. The molecule has 2 heterocycles. The summed E-state index contributed by atoms with van der Waals surface area (Å²) < 4.78 is 11.7. The molecule has 0 aromatic carbocycles. The van der Waals surface area contributed by atoms with Crippen LogP contribution in [0.4, 0.5) is 0 Å². The number of morpholine rings is 1. The van der Waals surface area contributed by atoms with Crippen LogP contribution in [0.2, 0.25) is 0 Å². The summed E-state index contributed by atoms with van der Waals surface area (Å²) >= 11 is 1.73. The third-order valence-electron chi connectivity index (χ3n) is 3.03. The summed E-state index contributed by atoms with van der Waals surface area (Å²) in [7, 11) is 0. The molecular formula is C14H24N2O2S. The Morgan fingerprint density at radius 3 is 3.16 bits per heavy atom. The Balaban J connectivity index is 1.70. The van der Waals surface area contributed by atoms with Gasteiger partial charge in [0.2, 0.25) is 0 Å². The molecule has 1 aliphatic heterocycles. The third kappa shape index (κ3) is 4.84. The van der Waals surface area contributed by atoms with Crippen molar-refractivity contribution in [2.45, 2.75) is 51.9 Å². The van der Waals surface area contributed by atoms with Crippen LogP contribution >= 0.6 is 11.3 Å². The zero-order valence-electron chi connectivity index (χ0n) is 12.1. The monoisotopic (exact) mass is 284 g/mol. The fraction of sp³-hybridized carbons (Fsp3) is 0.786. The number of hydrogen-bond acceptors (Lipinski definition) is 5. The minimum atomic E-state index is -0.0960. The maximum atomic E-state index is 5.95. The molecule has 1 fully saturated rings. The standard InChI is InChI=1S/C14H24N2O2S/c1-4-5-13-16-11(9-19-13)7-17-8-12-6-15-10-14(2,3)18-12/h9,12,15H,4-8,10H2,1-3H3. The molecule has 1 atom stereocenters. The predicted molar refractivity (Wildman–Crippen MR) is 77.6 cm³/mol. The molecule has 0 saturated carbocycles. The molecule has 2 rings (SSSR count). The van der Waals surface area contributed by atoms with E-state index < -0.39 is 0 Å². The van der Waals surface area contributed by atoms with Gasteiger partial charge in [-0.3, -0.25) is 0 Å². The van der Waals surface area contributed by atoms with E-state index in [1.807, 2.05) is 0 Å². The Labute approximate surface area is 119 Å². The van der Waals surface area contributed by atoms with Crippen molar-refractivity contribution >= 4 is 11.3 Å². The highest BCUT2D eigenvalue weighted by atomic mass is 32.1. The van der Waals surface area contributed by atoms with E-state index in [9.17, 15) is 0 Å². The van der Waals surface area contributed by atoms with Crippen molar-refractivity contribution in [2.24, 2.45) is 0 Å². The van der Waals surface area contributed by atoms with Crippen molar-refractivity contribution in [3.05, 3.63) is 16.1 Å². The second-order valence-corrected chi connectivity index (χ2v) is 6.57. The average Bonchev–Trinajstić information content (AvgIpc) is 2.76. The molecule has 0 aliphatic carbocycles. The maximum Gasteiger partial charge on any atom is 0.0940 e. The first kappa shape index (κ1) is 14.9. The number of rotatable bonds is 6. The number of thiazole rings is 1. The normalized spacial score (nSPS) is 22.6. The van der Waals surface area contributed by atoms with E-state index in [0.29, 0.717) is 13.2 Å². The van der Waals surface area contributed by atoms with Gasteiger partial charge >= 0.3 is 0 Å². The number of ether oxygens (including phenoxy) is 2. The maximum absolute atomic E-state index is 5.95. The Kier molecular flexibility index (Phi) is 5.33. The van der Waals surface area contributed by atoms with Gasteiger partial charge in [-0.25, -0.2) is 4.98 Å². The first-order valence-corrected chi connectivity index (χ1v) is 7.86. The topological polar surface area (TPSA) is 43.4 Å². The highest BCUT2D eigenvalue weighted by Crippen LogP contribution is 2.16. The van der Waals surface area contributed by atoms with E-state index >= 15 is 0 Å². The van der Waals surface area contributed by atoms with Crippen molar-refractivity contribution < 1.29 is 9.47 Å². The van der Waals surface area contributed by atoms with Gasteiger partial charge in [-0.15, -0.1) is 11.3 Å². The molecule has 4 nitrogen and oxygen atoms in total. The molecule has 19 heavy (non-hydrogen) atoms. The van der Waals surface area contributed by atoms with Crippen LogP contribution in [0.1, 0.15) is 37.9 Å². The first-order chi connectivity index (χ1) is 9.09. The van der Waals surface area contributed by atoms with Crippen LogP contribution < -0.4 is 5.32 Å². The Morgan fingerprint density at radius 2 is 2.42 bits per heavy atom. The van der Waals surface area contributed by atoms with E-state index in [-0.39, 0.29) is 11.7 Å². The number of aromatic nitrogens is 1. The molecule has 108 valence electrons. The third-order valence-corrected chi connectivity index (χ3v) is 3.98. The quantitative estimate of drug-likeness (QED) is 0.871. The van der Waals surface area contributed by atoms with E-state index in [1.54, 1.807) is 11.3 Å². The lowest BCUT2D eigenvalue weighted by Gasteiger charge is -2.36. The Hall–Kier alpha value is -0.490. The van der Waals surface area contributed by atoms with Gasteiger partial charge < -0.3 is 14.8 Å². The second kappa shape index (κ2) is 6.79. The zero-order valence-corrected chi connectivity index (χ0v) is 12.9. The van der Waals surface area contributed by atoms with E-state index in [4.69, 9.17) is 9.47 Å². The highest BCUT2D eigenvalue weighted by molar-refractivity contribution is 7.09. The lowest BCUT2D eigenvalue weighted by atomic mass is 10.1. The predicted octanol–water partition coefficient (Wildman–Crippen LogP) is 2.38. The van der Waals surface area contributed by atoms with Gasteiger partial charge in [0.15, 0.2) is 0 Å². The van der Waals surface area contributed by atoms with Gasteiger partial charge in [-0.05, 0) is 26.7 Å². The molecule has 0 amide bonds. The van der Waals surface area contributed by atoms with Gasteiger partial charge in [0.05, 0.1) is 35.6 Å². The minimum absolute atomic E-state index is 0.0960. The molecule has 1 saturated heterocycles. The fourth-order valence-electron chi connectivity index (χ4n) is 2.20. The molecular weight excluding hydrogens is 260 g/mol. The van der Waals surface area contributed by atoms with Crippen molar-refractivity contribution in [3.63, 3.8) is 0 Å². The van der Waals surface area contributed by atoms with Gasteiger partial charge in [-0.1, -0.05) is 6.92 Å². The summed E-state index contributed by atoms with van der Waals surface area (Å²) in [5, 5.41) is 6.67. The van der Waals surface area contributed by atoms with Crippen LogP contribution in [-0.2, 0) is 22.5 Å². The van der Waals surface area contributed by atoms with Crippen LogP contribution in [0, 0.1) is 0 Å². The minimum Gasteiger partial charge on any atom is -0.372 e. The summed E-state index contributed by atoms with van der Waals surface area (Å²) in [6.45, 7) is 9.34. The molecule has 1 aromatic heterocycles. The number of nitrogens with one attached hydrogen (secondary N) is 1. The van der Waals surface area contributed by atoms with Gasteiger partial charge in [0.25, 0.3) is 0 Å². The largest absolute Gasteiger partial charge is 0.372 e. The summed E-state index contributed by atoms with van der Waals surface area (Å²) in [5.74, 6) is 0. The number of hydrogen-bond donors (Lipinski definition) is 1. The SMILES string of the molecule is CCCc1nc(COCC2CNCC(C)(C)O2)cs1. The fourth-order valence-corrected chi connectivity index (χ4v) is 3.09. The van der Waals surface area contributed by atoms with Crippen LogP contribution in [0.5, 0.6) is 0 Å². The van der Waals surface area contributed by atoms with Crippen molar-refractivity contribution in [3.8, 4) is 0 Å². The number of nitrogens with zero attached hydrogens (tertiary/aromatic N) is 1. The Bertz CT molecular complexity index is 393. The van der Waals surface area contributed by atoms with E-state index in [0.717, 1.165) is 31.6 Å². The van der Waals surface area contributed by atoms with E-state index in [2.05, 4.69) is 36.5 Å².